The van der Waals surface area contributed by atoms with Gasteiger partial charge in [-0.25, -0.2) is 4.79 Å². The smallest absolute Gasteiger partial charge is 0.336 e. The molecule has 0 saturated carbocycles. The Labute approximate surface area is 146 Å². The average molecular weight is 353 g/mol. The molecule has 1 aromatic carbocycles. The van der Waals surface area contributed by atoms with Gasteiger partial charge >= 0.3 is 5.63 Å². The number of hydrogen-bond donors (Lipinski definition) is 1. The second-order valence-corrected chi connectivity index (χ2v) is 5.98. The number of halogens is 1. The summed E-state index contributed by atoms with van der Waals surface area (Å²) in [6, 6.07) is 8.42. The zero-order chi connectivity index (χ0) is 16.4. The van der Waals surface area contributed by atoms with E-state index in [0.29, 0.717) is 30.3 Å². The van der Waals surface area contributed by atoms with E-state index in [4.69, 9.17) is 14.9 Å². The van der Waals surface area contributed by atoms with E-state index in [-0.39, 0.29) is 31.0 Å². The molecule has 0 aliphatic carbocycles. The molecule has 3 rings (SSSR count). The first-order chi connectivity index (χ1) is 11.1. The van der Waals surface area contributed by atoms with Crippen molar-refractivity contribution in [2.45, 2.75) is 19.4 Å². The summed E-state index contributed by atoms with van der Waals surface area (Å²) in [4.78, 5) is 25.4. The van der Waals surface area contributed by atoms with Crippen LogP contribution in [-0.2, 0) is 4.79 Å². The second-order valence-electron chi connectivity index (χ2n) is 5.98. The molecule has 1 aromatic heterocycles. The van der Waals surface area contributed by atoms with Gasteiger partial charge in [0, 0.05) is 30.1 Å². The fraction of sp³-hybridized carbons (Fsp3) is 0.412. The summed E-state index contributed by atoms with van der Waals surface area (Å²) in [5, 5.41) is 0.808. The molecule has 0 spiro atoms. The number of likely N-dealkylation sites (tertiary alicyclic amines) is 1. The van der Waals surface area contributed by atoms with E-state index >= 15 is 0 Å². The number of rotatable bonds is 4. The Balaban J connectivity index is 0.00000208. The Kier molecular flexibility index (Phi) is 5.85. The summed E-state index contributed by atoms with van der Waals surface area (Å²) in [6.07, 6.45) is 0.934. The molecule has 2 N–H and O–H groups in total. The Hall–Kier alpha value is -2.05. The summed E-state index contributed by atoms with van der Waals surface area (Å²) in [5.74, 6) is 0.814. The topological polar surface area (TPSA) is 85.8 Å². The van der Waals surface area contributed by atoms with Crippen molar-refractivity contribution in [3.8, 4) is 5.75 Å². The normalized spacial score (nSPS) is 20.0. The Morgan fingerprint density at radius 2 is 2.12 bits per heavy atom. The summed E-state index contributed by atoms with van der Waals surface area (Å²) in [5.41, 5.74) is 5.72. The quantitative estimate of drug-likeness (QED) is 0.848. The molecule has 7 heteroatoms. The maximum atomic E-state index is 12.3. The predicted molar refractivity (Wildman–Crippen MR) is 93.6 cm³/mol. The highest BCUT2D eigenvalue weighted by molar-refractivity contribution is 5.85. The molecule has 0 bridgehead atoms. The van der Waals surface area contributed by atoms with Crippen molar-refractivity contribution < 1.29 is 13.9 Å². The number of amides is 1. The third-order valence-electron chi connectivity index (χ3n) is 4.27. The van der Waals surface area contributed by atoms with E-state index in [9.17, 15) is 9.59 Å². The van der Waals surface area contributed by atoms with Gasteiger partial charge in [0.15, 0.2) is 6.61 Å². The molecule has 1 aliphatic rings. The van der Waals surface area contributed by atoms with Gasteiger partial charge < -0.3 is 19.8 Å². The van der Waals surface area contributed by atoms with Gasteiger partial charge in [0.2, 0.25) is 0 Å². The van der Waals surface area contributed by atoms with E-state index in [1.165, 1.54) is 6.07 Å². The van der Waals surface area contributed by atoms with Gasteiger partial charge in [-0.3, -0.25) is 4.79 Å². The number of hydrogen-bond acceptors (Lipinski definition) is 5. The van der Waals surface area contributed by atoms with Crippen molar-refractivity contribution in [3.05, 3.63) is 40.8 Å². The Bertz CT molecular complexity index is 777. The van der Waals surface area contributed by atoms with Crippen molar-refractivity contribution in [1.29, 1.82) is 0 Å². The number of carbonyl (C=O) groups excluding carboxylic acids is 1. The third kappa shape index (κ3) is 3.88. The SMILES string of the molecule is CC1CC(CN)CN1C(=O)COc1ccc2ccc(=O)oc2c1.Cl. The van der Waals surface area contributed by atoms with E-state index < -0.39 is 5.63 Å². The zero-order valence-corrected chi connectivity index (χ0v) is 14.3. The van der Waals surface area contributed by atoms with Crippen LogP contribution < -0.4 is 16.1 Å². The lowest BCUT2D eigenvalue weighted by Crippen LogP contribution is -2.37. The van der Waals surface area contributed by atoms with Crippen LogP contribution >= 0.6 is 12.4 Å². The third-order valence-corrected chi connectivity index (χ3v) is 4.27. The van der Waals surface area contributed by atoms with Crippen LogP contribution in [-0.4, -0.2) is 36.5 Å². The molecule has 1 aliphatic heterocycles. The highest BCUT2D eigenvalue weighted by atomic mass is 35.5. The fourth-order valence-electron chi connectivity index (χ4n) is 3.02. The van der Waals surface area contributed by atoms with Gasteiger partial charge in [0.1, 0.15) is 11.3 Å². The maximum absolute atomic E-state index is 12.3. The molecule has 2 heterocycles. The summed E-state index contributed by atoms with van der Waals surface area (Å²) in [6.45, 7) is 3.27. The number of carbonyl (C=O) groups is 1. The van der Waals surface area contributed by atoms with Crippen LogP contribution in [0.1, 0.15) is 13.3 Å². The van der Waals surface area contributed by atoms with Crippen LogP contribution in [0.4, 0.5) is 0 Å². The average Bonchev–Trinajstić information content (AvgIpc) is 2.93. The number of nitrogens with zero attached hydrogens (tertiary/aromatic N) is 1. The van der Waals surface area contributed by atoms with Gasteiger partial charge in [-0.05, 0) is 44.0 Å². The maximum Gasteiger partial charge on any atom is 0.336 e. The van der Waals surface area contributed by atoms with Crippen molar-refractivity contribution in [2.24, 2.45) is 11.7 Å². The van der Waals surface area contributed by atoms with Gasteiger partial charge in [0.05, 0.1) is 0 Å². The Morgan fingerprint density at radius 3 is 2.83 bits per heavy atom. The lowest BCUT2D eigenvalue weighted by molar-refractivity contribution is -0.134. The molecule has 6 nitrogen and oxygen atoms in total. The molecular weight excluding hydrogens is 332 g/mol. The molecule has 0 radical (unpaired) electrons. The molecule has 2 unspecified atom stereocenters. The van der Waals surface area contributed by atoms with Crippen LogP contribution in [0, 0.1) is 5.92 Å². The molecular formula is C17H21ClN2O4. The second kappa shape index (κ2) is 7.68. The number of nitrogens with two attached hydrogens (primary N) is 1. The first kappa shape index (κ1) is 18.3. The number of fused-ring (bicyclic) bond motifs is 1. The summed E-state index contributed by atoms with van der Waals surface area (Å²) >= 11 is 0. The van der Waals surface area contributed by atoms with Crippen LogP contribution in [0.15, 0.2) is 39.5 Å². The van der Waals surface area contributed by atoms with Gasteiger partial charge in [-0.2, -0.15) is 0 Å². The van der Waals surface area contributed by atoms with Crippen molar-refractivity contribution in [3.63, 3.8) is 0 Å². The molecule has 1 amide bonds. The molecule has 24 heavy (non-hydrogen) atoms. The standard InChI is InChI=1S/C17H20N2O4.ClH/c1-11-6-12(8-18)9-19(11)16(20)10-22-14-4-2-13-3-5-17(21)23-15(13)7-14;/h2-5,7,11-12H,6,8-10,18H2,1H3;1H. The van der Waals surface area contributed by atoms with Crippen molar-refractivity contribution in [1.82, 2.24) is 4.90 Å². The minimum atomic E-state index is -0.413. The molecule has 2 aromatic rings. The number of benzene rings is 1. The highest BCUT2D eigenvalue weighted by Crippen LogP contribution is 2.23. The minimum Gasteiger partial charge on any atom is -0.484 e. The van der Waals surface area contributed by atoms with Crippen LogP contribution in [0.3, 0.4) is 0 Å². The van der Waals surface area contributed by atoms with Crippen LogP contribution in [0.25, 0.3) is 11.0 Å². The first-order valence-corrected chi connectivity index (χ1v) is 7.73. The molecule has 130 valence electrons. The fourth-order valence-corrected chi connectivity index (χ4v) is 3.02. The van der Waals surface area contributed by atoms with Crippen LogP contribution in [0.5, 0.6) is 5.75 Å². The minimum absolute atomic E-state index is 0. The number of ether oxygens (including phenoxy) is 1. The predicted octanol–water partition coefficient (Wildman–Crippen LogP) is 1.79. The van der Waals surface area contributed by atoms with E-state index in [2.05, 4.69) is 0 Å². The van der Waals surface area contributed by atoms with E-state index in [1.54, 1.807) is 24.3 Å². The van der Waals surface area contributed by atoms with Crippen LogP contribution in [0.2, 0.25) is 0 Å². The van der Waals surface area contributed by atoms with Gasteiger partial charge in [-0.1, -0.05) is 0 Å². The molecule has 1 fully saturated rings. The van der Waals surface area contributed by atoms with Gasteiger partial charge in [-0.15, -0.1) is 12.4 Å². The zero-order valence-electron chi connectivity index (χ0n) is 13.4. The van der Waals surface area contributed by atoms with Gasteiger partial charge in [0.25, 0.3) is 5.91 Å². The van der Waals surface area contributed by atoms with Crippen molar-refractivity contribution >= 4 is 29.3 Å². The van der Waals surface area contributed by atoms with Crippen molar-refractivity contribution in [2.75, 3.05) is 19.7 Å². The highest BCUT2D eigenvalue weighted by Gasteiger charge is 2.31. The van der Waals surface area contributed by atoms with E-state index in [0.717, 1.165) is 11.8 Å². The summed E-state index contributed by atoms with van der Waals surface area (Å²) < 4.78 is 10.7. The Morgan fingerprint density at radius 1 is 1.38 bits per heavy atom. The largest absolute Gasteiger partial charge is 0.484 e. The van der Waals surface area contributed by atoms with E-state index in [1.807, 2.05) is 11.8 Å². The lowest BCUT2D eigenvalue weighted by Gasteiger charge is -2.21. The lowest BCUT2D eigenvalue weighted by atomic mass is 10.1. The molecule has 1 saturated heterocycles. The molecule has 2 atom stereocenters. The summed E-state index contributed by atoms with van der Waals surface area (Å²) in [7, 11) is 0. The monoisotopic (exact) mass is 352 g/mol. The first-order valence-electron chi connectivity index (χ1n) is 7.73.